The van der Waals surface area contributed by atoms with Gasteiger partial charge in [0.15, 0.2) is 0 Å². The average molecular weight is 319 g/mol. The number of ether oxygens (including phenoxy) is 1. The summed E-state index contributed by atoms with van der Waals surface area (Å²) in [4.78, 5) is 37.1. The minimum Gasteiger partial charge on any atom is -0.457 e. The van der Waals surface area contributed by atoms with Crippen molar-refractivity contribution >= 4 is 34.8 Å². The van der Waals surface area contributed by atoms with Crippen LogP contribution in [0.15, 0.2) is 24.3 Å². The van der Waals surface area contributed by atoms with Crippen molar-refractivity contribution in [1.82, 2.24) is 0 Å². The zero-order chi connectivity index (χ0) is 16.5. The maximum absolute atomic E-state index is 11.7. The minimum atomic E-state index is -1.09. The van der Waals surface area contributed by atoms with E-state index in [1.807, 2.05) is 0 Å². The Labute approximate surface area is 131 Å². The molecule has 0 amide bonds. The van der Waals surface area contributed by atoms with Gasteiger partial charge < -0.3 is 10.3 Å². The molecule has 112 valence electrons. The van der Waals surface area contributed by atoms with Crippen LogP contribution in [-0.2, 0) is 19.1 Å². The Balaban J connectivity index is 2.73. The predicted molar refractivity (Wildman–Crippen MR) is 78.2 cm³/mol. The number of rotatable bonds is 5. The van der Waals surface area contributed by atoms with E-state index < -0.39 is 29.7 Å². The van der Waals surface area contributed by atoms with Crippen molar-refractivity contribution in [2.24, 2.45) is 0 Å². The van der Waals surface area contributed by atoms with Crippen molar-refractivity contribution in [3.05, 3.63) is 40.4 Å². The van der Waals surface area contributed by atoms with Crippen LogP contribution in [0, 0.1) is 11.8 Å². The Kier molecular flexibility index (Phi) is 6.71. The van der Waals surface area contributed by atoms with Crippen LogP contribution in [0.3, 0.4) is 0 Å². The van der Waals surface area contributed by atoms with Crippen molar-refractivity contribution < 1.29 is 23.9 Å². The van der Waals surface area contributed by atoms with Crippen molar-refractivity contribution in [1.29, 1.82) is 0 Å². The van der Waals surface area contributed by atoms with Gasteiger partial charge in [-0.3, -0.25) is 9.59 Å². The molecule has 6 nitrogen and oxygen atoms in total. The van der Waals surface area contributed by atoms with Gasteiger partial charge in [-0.25, -0.2) is 4.79 Å². The highest BCUT2D eigenvalue weighted by molar-refractivity contribution is 6.63. The lowest BCUT2D eigenvalue weighted by molar-refractivity contribution is -0.141. The van der Waals surface area contributed by atoms with Gasteiger partial charge >= 0.3 is 11.7 Å². The molecular formula is C15H11ClN2O4. The van der Waals surface area contributed by atoms with E-state index in [-0.39, 0.29) is 6.61 Å². The Bertz CT molecular complexity index is 707. The van der Waals surface area contributed by atoms with Crippen molar-refractivity contribution in [2.75, 3.05) is 6.61 Å². The van der Waals surface area contributed by atoms with Crippen LogP contribution < -0.4 is 0 Å². The normalized spacial score (nSPS) is 9.00. The second-order valence-electron chi connectivity index (χ2n) is 3.95. The highest BCUT2D eigenvalue weighted by Gasteiger charge is 2.31. The number of esters is 1. The Hall–Kier alpha value is -2.74. The van der Waals surface area contributed by atoms with E-state index in [2.05, 4.69) is 21.4 Å². The SMILES string of the molecule is CCOC(=O)C(=[N+]=[N-])C(=O)CC(=O)C#Cc1ccc(Cl)cc1. The van der Waals surface area contributed by atoms with E-state index in [1.54, 1.807) is 24.3 Å². The molecule has 0 aliphatic rings. The monoisotopic (exact) mass is 318 g/mol. The summed E-state index contributed by atoms with van der Waals surface area (Å²) in [5.74, 6) is 2.05. The van der Waals surface area contributed by atoms with Crippen LogP contribution in [0.25, 0.3) is 5.53 Å². The van der Waals surface area contributed by atoms with Gasteiger partial charge in [0.05, 0.1) is 13.0 Å². The summed E-state index contributed by atoms with van der Waals surface area (Å²) >= 11 is 5.71. The molecule has 0 aromatic heterocycles. The van der Waals surface area contributed by atoms with Crippen LogP contribution in [0.2, 0.25) is 5.02 Å². The predicted octanol–water partition coefficient (Wildman–Crippen LogP) is 1.45. The van der Waals surface area contributed by atoms with E-state index in [1.165, 1.54) is 6.92 Å². The van der Waals surface area contributed by atoms with E-state index >= 15 is 0 Å². The van der Waals surface area contributed by atoms with E-state index in [9.17, 15) is 14.4 Å². The van der Waals surface area contributed by atoms with Gasteiger partial charge in [-0.1, -0.05) is 17.5 Å². The van der Waals surface area contributed by atoms with Gasteiger partial charge in [-0.2, -0.15) is 4.79 Å². The molecule has 1 rings (SSSR count). The summed E-state index contributed by atoms with van der Waals surface area (Å²) in [6, 6.07) is 6.45. The van der Waals surface area contributed by atoms with Crippen molar-refractivity contribution in [2.45, 2.75) is 13.3 Å². The number of carbonyl (C=O) groups excluding carboxylic acids is 3. The fourth-order valence-electron chi connectivity index (χ4n) is 1.36. The van der Waals surface area contributed by atoms with Crippen molar-refractivity contribution in [3.63, 3.8) is 0 Å². The third-order valence-corrected chi connectivity index (χ3v) is 2.60. The third kappa shape index (κ3) is 5.33. The van der Waals surface area contributed by atoms with Crippen LogP contribution >= 0.6 is 11.6 Å². The number of hydrogen-bond donors (Lipinski definition) is 0. The molecule has 0 aliphatic heterocycles. The fourth-order valence-corrected chi connectivity index (χ4v) is 1.48. The summed E-state index contributed by atoms with van der Waals surface area (Å²) in [6.07, 6.45) is -0.682. The maximum atomic E-state index is 11.7. The van der Waals surface area contributed by atoms with Crippen molar-refractivity contribution in [3.8, 4) is 11.8 Å². The molecule has 0 atom stereocenters. The summed E-state index contributed by atoms with van der Waals surface area (Å²) in [5.41, 5.74) is 8.36. The number of carbonyl (C=O) groups is 3. The summed E-state index contributed by atoms with van der Waals surface area (Å²) in [7, 11) is 0. The van der Waals surface area contributed by atoms with Gasteiger partial charge in [0.25, 0.3) is 5.78 Å². The van der Waals surface area contributed by atoms with Crippen LogP contribution in [0.1, 0.15) is 18.9 Å². The molecule has 0 unspecified atom stereocenters. The fraction of sp³-hybridized carbons (Fsp3) is 0.200. The van der Waals surface area contributed by atoms with Gasteiger partial charge in [0, 0.05) is 10.6 Å². The molecule has 1 aromatic carbocycles. The topological polar surface area (TPSA) is 96.8 Å². The second kappa shape index (κ2) is 8.53. The first-order valence-corrected chi connectivity index (χ1v) is 6.58. The Morgan fingerprint density at radius 1 is 1.27 bits per heavy atom. The molecule has 0 N–H and O–H groups in total. The number of nitrogens with zero attached hydrogens (tertiary/aromatic N) is 2. The third-order valence-electron chi connectivity index (χ3n) is 2.34. The number of Topliss-reactive ketones (excluding diaryl/α,β-unsaturated/α-hetero) is 2. The zero-order valence-corrected chi connectivity index (χ0v) is 12.4. The average Bonchev–Trinajstić information content (AvgIpc) is 2.47. The second-order valence-corrected chi connectivity index (χ2v) is 4.39. The molecule has 22 heavy (non-hydrogen) atoms. The lowest BCUT2D eigenvalue weighted by atomic mass is 10.1. The van der Waals surface area contributed by atoms with Gasteiger partial charge in [-0.05, 0) is 37.1 Å². The van der Waals surface area contributed by atoms with E-state index in [4.69, 9.17) is 17.1 Å². The van der Waals surface area contributed by atoms with Crippen LogP contribution in [0.5, 0.6) is 0 Å². The molecule has 0 radical (unpaired) electrons. The molecule has 0 bridgehead atoms. The minimum absolute atomic E-state index is 0.00938. The molecule has 0 aliphatic carbocycles. The lowest BCUT2D eigenvalue weighted by Crippen LogP contribution is -2.28. The van der Waals surface area contributed by atoms with E-state index in [0.717, 1.165) is 0 Å². The zero-order valence-electron chi connectivity index (χ0n) is 11.6. The smallest absolute Gasteiger partial charge is 0.441 e. The molecule has 0 saturated carbocycles. The highest BCUT2D eigenvalue weighted by atomic mass is 35.5. The number of benzene rings is 1. The van der Waals surface area contributed by atoms with Gasteiger partial charge in [0.2, 0.25) is 5.78 Å². The number of ketones is 2. The molecular weight excluding hydrogens is 308 g/mol. The largest absolute Gasteiger partial charge is 0.457 e. The van der Waals surface area contributed by atoms with Gasteiger partial charge in [0.1, 0.15) is 0 Å². The quantitative estimate of drug-likeness (QED) is 0.205. The molecule has 0 heterocycles. The van der Waals surface area contributed by atoms with Crippen LogP contribution in [-0.4, -0.2) is 34.6 Å². The van der Waals surface area contributed by atoms with Crippen LogP contribution in [0.4, 0.5) is 0 Å². The summed E-state index contributed by atoms with van der Waals surface area (Å²) < 4.78 is 4.53. The molecule has 0 saturated heterocycles. The summed E-state index contributed by atoms with van der Waals surface area (Å²) in [6.45, 7) is 1.54. The summed E-state index contributed by atoms with van der Waals surface area (Å²) in [5, 5.41) is 0.533. The molecule has 7 heteroatoms. The van der Waals surface area contributed by atoms with Gasteiger partial charge in [-0.15, -0.1) is 0 Å². The first-order chi connectivity index (χ1) is 10.5. The first kappa shape index (κ1) is 17.3. The molecule has 0 fully saturated rings. The maximum Gasteiger partial charge on any atom is 0.441 e. The molecule has 0 spiro atoms. The molecule has 1 aromatic rings. The number of halogens is 1. The number of hydrogen-bond acceptors (Lipinski definition) is 4. The lowest BCUT2D eigenvalue weighted by Gasteiger charge is -1.95. The Morgan fingerprint density at radius 3 is 2.45 bits per heavy atom. The standard InChI is InChI=1S/C15H11ClN2O4/c1-2-22-15(21)14(18-17)13(20)9-12(19)8-5-10-3-6-11(16)7-4-10/h3-4,6-7H,2,9H2,1H3. The highest BCUT2D eigenvalue weighted by Crippen LogP contribution is 2.08. The van der Waals surface area contributed by atoms with E-state index in [0.29, 0.717) is 10.6 Å². The Morgan fingerprint density at radius 2 is 1.91 bits per heavy atom. The first-order valence-electron chi connectivity index (χ1n) is 6.20.